The van der Waals surface area contributed by atoms with Gasteiger partial charge < -0.3 is 24.6 Å². The molecule has 9 heteroatoms. The van der Waals surface area contributed by atoms with Crippen LogP contribution in [0.3, 0.4) is 0 Å². The molecule has 0 aliphatic heterocycles. The highest BCUT2D eigenvalue weighted by Crippen LogP contribution is 2.35. The highest BCUT2D eigenvalue weighted by atomic mass is 19.1. The lowest BCUT2D eigenvalue weighted by Crippen LogP contribution is -2.38. The highest BCUT2D eigenvalue weighted by Gasteiger charge is 2.27. The number of hydrogen-bond acceptors (Lipinski definition) is 7. The molecule has 0 heterocycles. The van der Waals surface area contributed by atoms with Crippen molar-refractivity contribution in [2.75, 3.05) is 18.5 Å². The first kappa shape index (κ1) is 32.0. The fourth-order valence-corrected chi connectivity index (χ4v) is 5.65. The number of ether oxygens (including phenoxy) is 3. The normalized spacial score (nSPS) is 16.6. The van der Waals surface area contributed by atoms with E-state index >= 15 is 0 Å². The van der Waals surface area contributed by atoms with E-state index in [1.165, 1.54) is 6.07 Å². The van der Waals surface area contributed by atoms with Gasteiger partial charge in [0.2, 0.25) is 0 Å². The summed E-state index contributed by atoms with van der Waals surface area (Å²) < 4.78 is 30.9. The molecule has 3 aromatic rings. The van der Waals surface area contributed by atoms with E-state index in [0.29, 0.717) is 42.4 Å². The van der Waals surface area contributed by atoms with Crippen LogP contribution in [0.4, 0.5) is 10.1 Å². The van der Waals surface area contributed by atoms with Crippen molar-refractivity contribution in [2.24, 2.45) is 0 Å². The molecule has 230 valence electrons. The molecule has 1 aliphatic rings. The summed E-state index contributed by atoms with van der Waals surface area (Å²) in [4.78, 5) is 26.1. The zero-order chi connectivity index (χ0) is 30.9. The summed E-state index contributed by atoms with van der Waals surface area (Å²) in [5.41, 5.74) is 3.55. The van der Waals surface area contributed by atoms with E-state index in [1.807, 2.05) is 32.9 Å². The van der Waals surface area contributed by atoms with E-state index in [4.69, 9.17) is 14.2 Å². The van der Waals surface area contributed by atoms with Gasteiger partial charge in [0, 0.05) is 37.0 Å². The Morgan fingerprint density at radius 2 is 1.67 bits per heavy atom. The summed E-state index contributed by atoms with van der Waals surface area (Å²) in [6, 6.07) is 15.5. The number of rotatable bonds is 11. The SMILES string of the molecule is CCOC(=O)C(=O)Nc1cc(C)c(Oc2ccc(O)c(CN(Cc3cccc(F)c3)C3CCC(OCC)CC3)c2)c(C)c1. The molecular formula is C34H41FN2O6. The maximum Gasteiger partial charge on any atom is 0.397 e. The largest absolute Gasteiger partial charge is 0.508 e. The van der Waals surface area contributed by atoms with Crippen molar-refractivity contribution >= 4 is 17.6 Å². The molecule has 2 N–H and O–H groups in total. The molecule has 1 aliphatic carbocycles. The van der Waals surface area contributed by atoms with Crippen LogP contribution in [0.5, 0.6) is 17.2 Å². The van der Waals surface area contributed by atoms with E-state index in [-0.39, 0.29) is 30.3 Å². The van der Waals surface area contributed by atoms with E-state index < -0.39 is 11.9 Å². The van der Waals surface area contributed by atoms with Gasteiger partial charge in [-0.1, -0.05) is 12.1 Å². The first-order chi connectivity index (χ1) is 20.7. The number of carbonyl (C=O) groups excluding carboxylic acids is 2. The number of phenolic OH excluding ortho intramolecular Hbond substituents is 1. The van der Waals surface area contributed by atoms with Gasteiger partial charge in [-0.3, -0.25) is 9.69 Å². The number of nitrogens with one attached hydrogen (secondary N) is 1. The van der Waals surface area contributed by atoms with Gasteiger partial charge in [-0.15, -0.1) is 0 Å². The van der Waals surface area contributed by atoms with Gasteiger partial charge in [0.15, 0.2) is 0 Å². The van der Waals surface area contributed by atoms with Gasteiger partial charge in [0.1, 0.15) is 23.1 Å². The second-order valence-corrected chi connectivity index (χ2v) is 10.9. The van der Waals surface area contributed by atoms with Crippen LogP contribution in [0.2, 0.25) is 0 Å². The molecule has 0 saturated heterocycles. The third kappa shape index (κ3) is 8.78. The number of benzene rings is 3. The zero-order valence-electron chi connectivity index (χ0n) is 25.3. The Morgan fingerprint density at radius 1 is 0.953 bits per heavy atom. The van der Waals surface area contributed by atoms with Crippen LogP contribution in [0.25, 0.3) is 0 Å². The zero-order valence-corrected chi connectivity index (χ0v) is 25.3. The van der Waals surface area contributed by atoms with Crippen molar-refractivity contribution in [3.63, 3.8) is 0 Å². The Kier molecular flexibility index (Phi) is 11.1. The summed E-state index contributed by atoms with van der Waals surface area (Å²) in [6.45, 7) is 9.17. The Hall–Kier alpha value is -3.95. The molecule has 0 aromatic heterocycles. The minimum absolute atomic E-state index is 0.114. The fourth-order valence-electron chi connectivity index (χ4n) is 5.65. The highest BCUT2D eigenvalue weighted by molar-refractivity contribution is 6.37. The molecule has 0 radical (unpaired) electrons. The number of hydrogen-bond donors (Lipinski definition) is 2. The molecule has 1 amide bonds. The summed E-state index contributed by atoms with van der Waals surface area (Å²) in [5, 5.41) is 13.4. The Morgan fingerprint density at radius 3 is 2.33 bits per heavy atom. The van der Waals surface area contributed by atoms with Crippen molar-refractivity contribution < 1.29 is 33.3 Å². The molecule has 3 aromatic carbocycles. The lowest BCUT2D eigenvalue weighted by molar-refractivity contribution is -0.152. The second-order valence-electron chi connectivity index (χ2n) is 10.9. The van der Waals surface area contributed by atoms with Crippen LogP contribution >= 0.6 is 0 Å². The van der Waals surface area contributed by atoms with E-state index in [1.54, 1.807) is 43.3 Å². The third-order valence-corrected chi connectivity index (χ3v) is 7.66. The number of phenols is 1. The van der Waals surface area contributed by atoms with Gasteiger partial charge in [-0.2, -0.15) is 0 Å². The lowest BCUT2D eigenvalue weighted by atomic mass is 9.91. The Labute approximate surface area is 252 Å². The summed E-state index contributed by atoms with van der Waals surface area (Å²) in [5.74, 6) is -0.738. The van der Waals surface area contributed by atoms with Crippen LogP contribution in [0.15, 0.2) is 54.6 Å². The van der Waals surface area contributed by atoms with Gasteiger partial charge in [-0.05, 0) is 113 Å². The summed E-state index contributed by atoms with van der Waals surface area (Å²) >= 11 is 0. The monoisotopic (exact) mass is 592 g/mol. The summed E-state index contributed by atoms with van der Waals surface area (Å²) in [7, 11) is 0. The Bertz CT molecular complexity index is 1400. The van der Waals surface area contributed by atoms with E-state index in [0.717, 1.165) is 42.4 Å². The molecule has 0 bridgehead atoms. The minimum Gasteiger partial charge on any atom is -0.508 e. The number of aryl methyl sites for hydroxylation is 2. The predicted molar refractivity (Wildman–Crippen MR) is 163 cm³/mol. The van der Waals surface area contributed by atoms with Gasteiger partial charge in [-0.25, -0.2) is 9.18 Å². The molecule has 43 heavy (non-hydrogen) atoms. The number of carbonyl (C=O) groups is 2. The number of halogens is 1. The number of aromatic hydroxyl groups is 1. The van der Waals surface area contributed by atoms with Crippen LogP contribution in [0, 0.1) is 19.7 Å². The molecule has 1 fully saturated rings. The first-order valence-electron chi connectivity index (χ1n) is 14.9. The van der Waals surface area contributed by atoms with Crippen LogP contribution in [0.1, 0.15) is 61.8 Å². The quantitative estimate of drug-likeness (QED) is 0.187. The van der Waals surface area contributed by atoms with Gasteiger partial charge in [0.05, 0.1) is 12.7 Å². The third-order valence-electron chi connectivity index (χ3n) is 7.66. The maximum absolute atomic E-state index is 14.0. The molecule has 0 atom stereocenters. The molecular weight excluding hydrogens is 551 g/mol. The van der Waals surface area contributed by atoms with E-state index in [2.05, 4.69) is 10.2 Å². The molecule has 4 rings (SSSR count). The topological polar surface area (TPSA) is 97.3 Å². The number of nitrogens with zero attached hydrogens (tertiary/aromatic N) is 1. The predicted octanol–water partition coefficient (Wildman–Crippen LogP) is 6.79. The molecule has 0 unspecified atom stereocenters. The average molecular weight is 593 g/mol. The Balaban J connectivity index is 1.53. The van der Waals surface area contributed by atoms with Crippen molar-refractivity contribution in [1.82, 2.24) is 4.90 Å². The van der Waals surface area contributed by atoms with Gasteiger partial charge in [0.25, 0.3) is 0 Å². The van der Waals surface area contributed by atoms with Crippen LogP contribution in [-0.2, 0) is 32.2 Å². The maximum atomic E-state index is 14.0. The fraction of sp³-hybridized carbons (Fsp3) is 0.412. The average Bonchev–Trinajstić information content (AvgIpc) is 2.97. The lowest BCUT2D eigenvalue weighted by Gasteiger charge is -2.37. The van der Waals surface area contributed by atoms with Crippen LogP contribution < -0.4 is 10.1 Å². The molecule has 8 nitrogen and oxygen atoms in total. The number of amides is 1. The van der Waals surface area contributed by atoms with E-state index in [9.17, 15) is 19.1 Å². The van der Waals surface area contributed by atoms with Crippen molar-refractivity contribution in [3.05, 3.63) is 82.7 Å². The molecule has 0 spiro atoms. The smallest absolute Gasteiger partial charge is 0.397 e. The minimum atomic E-state index is -0.941. The standard InChI is InChI=1S/C34H41FN2O6/c1-5-41-29-12-10-28(11-13-29)37(20-24-8-7-9-26(35)18-24)21-25-19-30(14-15-31(25)38)43-32-22(3)16-27(17-23(32)4)36-33(39)34(40)42-6-2/h7-9,14-19,28-29,38H,5-6,10-13,20-21H2,1-4H3,(H,36,39). The van der Waals surface area contributed by atoms with Crippen molar-refractivity contribution in [3.8, 4) is 17.2 Å². The number of anilines is 1. The van der Waals surface area contributed by atoms with Crippen molar-refractivity contribution in [1.29, 1.82) is 0 Å². The number of esters is 1. The van der Waals surface area contributed by atoms with Gasteiger partial charge >= 0.3 is 11.9 Å². The van der Waals surface area contributed by atoms with Crippen LogP contribution in [-0.4, -0.2) is 47.2 Å². The first-order valence-corrected chi connectivity index (χ1v) is 14.9. The second kappa shape index (κ2) is 15.0. The summed E-state index contributed by atoms with van der Waals surface area (Å²) in [6.07, 6.45) is 4.09. The molecule has 1 saturated carbocycles. The van der Waals surface area contributed by atoms with Crippen molar-refractivity contribution in [2.45, 2.75) is 78.6 Å².